The Morgan fingerprint density at radius 1 is 1.05 bits per heavy atom. The number of hydrogen-bond acceptors (Lipinski definition) is 5. The number of ketones is 3. The van der Waals surface area contributed by atoms with Crippen LogP contribution in [0.1, 0.15) is 34.6 Å². The number of phenolic OH excluding ortho intramolecular Hbond substituents is 2. The molecule has 5 heteroatoms. The summed E-state index contributed by atoms with van der Waals surface area (Å²) in [6.07, 6.45) is 0.923. The Morgan fingerprint density at radius 3 is 2.11 bits per heavy atom. The second kappa shape index (κ2) is 4.35. The second-order valence-corrected chi connectivity index (χ2v) is 4.62. The molecule has 0 saturated carbocycles. The summed E-state index contributed by atoms with van der Waals surface area (Å²) >= 11 is 0. The van der Waals surface area contributed by atoms with E-state index in [2.05, 4.69) is 0 Å². The van der Waals surface area contributed by atoms with E-state index in [4.69, 9.17) is 0 Å². The van der Waals surface area contributed by atoms with E-state index in [1.165, 1.54) is 0 Å². The fourth-order valence-electron chi connectivity index (χ4n) is 1.96. The van der Waals surface area contributed by atoms with E-state index < -0.39 is 34.8 Å². The number of Topliss-reactive ketones (excluding diaryl/α,β-unsaturated/α-hetero) is 2. The molecule has 0 heterocycles. The monoisotopic (exact) mass is 260 g/mol. The molecule has 98 valence electrons. The van der Waals surface area contributed by atoms with Crippen molar-refractivity contribution in [1.29, 1.82) is 0 Å². The zero-order valence-corrected chi connectivity index (χ0v) is 10.4. The van der Waals surface area contributed by atoms with Gasteiger partial charge in [0.2, 0.25) is 5.78 Å². The highest BCUT2D eigenvalue weighted by atomic mass is 16.3. The van der Waals surface area contributed by atoms with Gasteiger partial charge in [0, 0.05) is 12.0 Å². The maximum atomic E-state index is 12.2. The lowest BCUT2D eigenvalue weighted by molar-refractivity contribution is -0.117. The molecule has 0 aromatic heterocycles. The van der Waals surface area contributed by atoms with Crippen LogP contribution in [0, 0.1) is 5.92 Å². The molecule has 0 aliphatic heterocycles. The summed E-state index contributed by atoms with van der Waals surface area (Å²) in [4.78, 5) is 35.9. The van der Waals surface area contributed by atoms with Gasteiger partial charge in [-0.25, -0.2) is 0 Å². The van der Waals surface area contributed by atoms with Crippen LogP contribution in [-0.2, 0) is 4.79 Å². The van der Waals surface area contributed by atoms with Gasteiger partial charge in [-0.05, 0) is 12.1 Å². The summed E-state index contributed by atoms with van der Waals surface area (Å²) in [6.45, 7) is 3.22. The van der Waals surface area contributed by atoms with Crippen molar-refractivity contribution in [2.75, 3.05) is 0 Å². The highest BCUT2D eigenvalue weighted by Gasteiger charge is 2.34. The van der Waals surface area contributed by atoms with Crippen LogP contribution in [0.15, 0.2) is 23.8 Å². The van der Waals surface area contributed by atoms with Crippen molar-refractivity contribution in [3.05, 3.63) is 34.9 Å². The molecular weight excluding hydrogens is 248 g/mol. The molecule has 2 rings (SSSR count). The summed E-state index contributed by atoms with van der Waals surface area (Å²) in [6, 6.07) is 2.24. The second-order valence-electron chi connectivity index (χ2n) is 4.62. The van der Waals surface area contributed by atoms with Crippen molar-refractivity contribution < 1.29 is 24.6 Å². The van der Waals surface area contributed by atoms with E-state index >= 15 is 0 Å². The van der Waals surface area contributed by atoms with E-state index in [9.17, 15) is 24.6 Å². The van der Waals surface area contributed by atoms with Crippen LogP contribution in [0.3, 0.4) is 0 Å². The SMILES string of the molecule is CC(C)C(=O)C1=CC(=O)c2c(O)ccc(O)c2C1=O. The Labute approximate surface area is 109 Å². The molecule has 0 fully saturated rings. The first-order chi connectivity index (χ1) is 8.84. The molecule has 1 aliphatic rings. The fraction of sp³-hybridized carbons (Fsp3) is 0.214. The quantitative estimate of drug-likeness (QED) is 0.622. The molecule has 1 aromatic carbocycles. The van der Waals surface area contributed by atoms with Gasteiger partial charge in [-0.3, -0.25) is 14.4 Å². The lowest BCUT2D eigenvalue weighted by Gasteiger charge is -2.17. The Morgan fingerprint density at radius 2 is 1.58 bits per heavy atom. The fourth-order valence-corrected chi connectivity index (χ4v) is 1.96. The molecule has 1 aliphatic carbocycles. The van der Waals surface area contributed by atoms with Crippen LogP contribution in [0.5, 0.6) is 11.5 Å². The van der Waals surface area contributed by atoms with Crippen LogP contribution in [0.25, 0.3) is 0 Å². The van der Waals surface area contributed by atoms with Crippen molar-refractivity contribution in [2.24, 2.45) is 5.92 Å². The van der Waals surface area contributed by atoms with Crippen LogP contribution in [-0.4, -0.2) is 27.6 Å². The third kappa shape index (κ3) is 1.93. The molecule has 0 unspecified atom stereocenters. The molecule has 2 N–H and O–H groups in total. The van der Waals surface area contributed by atoms with Gasteiger partial charge in [0.15, 0.2) is 11.6 Å². The predicted octanol–water partition coefficient (Wildman–Crippen LogP) is 1.63. The molecule has 0 amide bonds. The number of allylic oxidation sites excluding steroid dienone is 2. The highest BCUT2D eigenvalue weighted by Crippen LogP contribution is 2.35. The maximum absolute atomic E-state index is 12.2. The van der Waals surface area contributed by atoms with Crippen molar-refractivity contribution in [3.8, 4) is 11.5 Å². The molecule has 0 saturated heterocycles. The smallest absolute Gasteiger partial charge is 0.201 e. The van der Waals surface area contributed by atoms with Gasteiger partial charge in [0.25, 0.3) is 0 Å². The van der Waals surface area contributed by atoms with Crippen LogP contribution in [0.4, 0.5) is 0 Å². The lowest BCUT2D eigenvalue weighted by atomic mass is 9.84. The number of rotatable bonds is 2. The maximum Gasteiger partial charge on any atom is 0.201 e. The molecule has 0 bridgehead atoms. The molecule has 0 atom stereocenters. The summed E-state index contributed by atoms with van der Waals surface area (Å²) in [5, 5.41) is 19.3. The van der Waals surface area contributed by atoms with E-state index in [0.717, 1.165) is 18.2 Å². The highest BCUT2D eigenvalue weighted by molar-refractivity contribution is 6.36. The summed E-state index contributed by atoms with van der Waals surface area (Å²) in [5.74, 6) is -3.11. The molecule has 19 heavy (non-hydrogen) atoms. The topological polar surface area (TPSA) is 91.7 Å². The zero-order valence-electron chi connectivity index (χ0n) is 10.4. The Bertz CT molecular complexity index is 637. The average molecular weight is 260 g/mol. The van der Waals surface area contributed by atoms with Crippen molar-refractivity contribution in [3.63, 3.8) is 0 Å². The zero-order chi connectivity index (χ0) is 14.3. The van der Waals surface area contributed by atoms with E-state index in [1.807, 2.05) is 0 Å². The number of hydrogen-bond donors (Lipinski definition) is 2. The van der Waals surface area contributed by atoms with Gasteiger partial charge in [-0.2, -0.15) is 0 Å². The van der Waals surface area contributed by atoms with Gasteiger partial charge < -0.3 is 10.2 Å². The first kappa shape index (κ1) is 13.0. The Hall–Kier alpha value is -2.43. The largest absolute Gasteiger partial charge is 0.507 e. The van der Waals surface area contributed by atoms with Gasteiger partial charge >= 0.3 is 0 Å². The van der Waals surface area contributed by atoms with Gasteiger partial charge in [0.1, 0.15) is 11.5 Å². The van der Waals surface area contributed by atoms with Gasteiger partial charge in [-0.15, -0.1) is 0 Å². The molecule has 5 nitrogen and oxygen atoms in total. The molecule has 0 radical (unpaired) electrons. The number of carbonyl (C=O) groups excluding carboxylic acids is 3. The molecule has 1 aromatic rings. The van der Waals surface area contributed by atoms with Crippen molar-refractivity contribution >= 4 is 17.3 Å². The first-order valence-electron chi connectivity index (χ1n) is 5.74. The van der Waals surface area contributed by atoms with Crippen molar-refractivity contribution in [2.45, 2.75) is 13.8 Å². The summed E-state index contributed by atoms with van der Waals surface area (Å²) in [7, 11) is 0. The summed E-state index contributed by atoms with van der Waals surface area (Å²) < 4.78 is 0. The minimum absolute atomic E-state index is 0.256. The number of fused-ring (bicyclic) bond motifs is 1. The van der Waals surface area contributed by atoms with Gasteiger partial charge in [-0.1, -0.05) is 13.8 Å². The molecule has 0 spiro atoms. The molecular formula is C14H12O5. The van der Waals surface area contributed by atoms with Gasteiger partial charge in [0.05, 0.1) is 16.7 Å². The average Bonchev–Trinajstić information content (AvgIpc) is 2.35. The van der Waals surface area contributed by atoms with Crippen LogP contribution >= 0.6 is 0 Å². The number of phenols is 2. The third-order valence-corrected chi connectivity index (χ3v) is 2.94. The number of carbonyl (C=O) groups is 3. The van der Waals surface area contributed by atoms with Crippen LogP contribution in [0.2, 0.25) is 0 Å². The summed E-state index contributed by atoms with van der Waals surface area (Å²) in [5.41, 5.74) is -0.824. The standard InChI is InChI=1S/C14H12O5/c1-6(2)13(18)7-5-10(17)11-8(15)3-4-9(16)12(11)14(7)19/h3-6,15-16H,1-2H3. The van der Waals surface area contributed by atoms with E-state index in [-0.39, 0.29) is 16.7 Å². The normalized spacial score (nSPS) is 14.4. The van der Waals surface area contributed by atoms with E-state index in [0.29, 0.717) is 0 Å². The minimum Gasteiger partial charge on any atom is -0.507 e. The van der Waals surface area contributed by atoms with Crippen LogP contribution < -0.4 is 0 Å². The number of aromatic hydroxyl groups is 2. The Balaban J connectivity index is 2.66. The lowest BCUT2D eigenvalue weighted by Crippen LogP contribution is -2.24. The first-order valence-corrected chi connectivity index (χ1v) is 5.74. The minimum atomic E-state index is -0.735. The predicted molar refractivity (Wildman–Crippen MR) is 66.4 cm³/mol. The van der Waals surface area contributed by atoms with E-state index in [1.54, 1.807) is 13.8 Å². The van der Waals surface area contributed by atoms with Crippen molar-refractivity contribution in [1.82, 2.24) is 0 Å². The number of benzene rings is 1. The third-order valence-electron chi connectivity index (χ3n) is 2.94. The Kier molecular flexibility index (Phi) is 2.98.